The second-order valence-electron chi connectivity index (χ2n) is 9.31. The molecule has 2 aromatic carbocycles. The maximum atomic E-state index is 12.3. The van der Waals surface area contributed by atoms with Gasteiger partial charge in [0.25, 0.3) is 0 Å². The van der Waals surface area contributed by atoms with Gasteiger partial charge in [-0.2, -0.15) is 0 Å². The van der Waals surface area contributed by atoms with Gasteiger partial charge >= 0.3 is 6.09 Å². The van der Waals surface area contributed by atoms with Gasteiger partial charge in [0.2, 0.25) is 5.95 Å². The monoisotopic (exact) mass is 518 g/mol. The predicted octanol–water partition coefficient (Wildman–Crippen LogP) is 6.04. The molecule has 2 heterocycles. The number of amides is 1. The summed E-state index contributed by atoms with van der Waals surface area (Å²) < 4.78 is 16.2. The molecule has 35 heavy (non-hydrogen) atoms. The number of carbonyl (C=O) groups is 1. The van der Waals surface area contributed by atoms with Gasteiger partial charge < -0.3 is 24.4 Å². The Morgan fingerprint density at radius 2 is 1.80 bits per heavy atom. The van der Waals surface area contributed by atoms with Gasteiger partial charge in [-0.3, -0.25) is 0 Å². The summed E-state index contributed by atoms with van der Waals surface area (Å²) in [5.74, 6) is 1.44. The third-order valence-electron chi connectivity index (χ3n) is 5.62. The zero-order valence-electron chi connectivity index (χ0n) is 20.3. The van der Waals surface area contributed by atoms with Crippen molar-refractivity contribution in [3.63, 3.8) is 0 Å². The number of aromatic nitrogens is 2. The van der Waals surface area contributed by atoms with Gasteiger partial charge in [0.15, 0.2) is 0 Å². The summed E-state index contributed by atoms with van der Waals surface area (Å²) in [5.41, 5.74) is 1.64. The molecule has 1 aliphatic rings. The lowest BCUT2D eigenvalue weighted by atomic mass is 10.0. The fraction of sp³-hybridized carbons (Fsp3) is 0.400. The zero-order chi connectivity index (χ0) is 25.3. The van der Waals surface area contributed by atoms with Crippen molar-refractivity contribution in [2.24, 2.45) is 0 Å². The summed E-state index contributed by atoms with van der Waals surface area (Å²) in [6, 6.07) is 7.40. The van der Waals surface area contributed by atoms with Crippen LogP contribution in [0, 0.1) is 0 Å². The van der Waals surface area contributed by atoms with Crippen LogP contribution < -0.4 is 14.8 Å². The lowest BCUT2D eigenvalue weighted by molar-refractivity contribution is 0.0293. The third kappa shape index (κ3) is 5.49. The van der Waals surface area contributed by atoms with Crippen LogP contribution in [0.15, 0.2) is 30.5 Å². The molecule has 8 nitrogen and oxygen atoms in total. The van der Waals surface area contributed by atoms with E-state index in [-0.39, 0.29) is 12.1 Å². The number of nitrogens with zero attached hydrogens (tertiary/aromatic N) is 3. The molecule has 186 valence electrons. The number of halogens is 2. The molecule has 0 saturated carbocycles. The van der Waals surface area contributed by atoms with Crippen molar-refractivity contribution in [3.05, 3.63) is 40.5 Å². The number of anilines is 1. The van der Waals surface area contributed by atoms with Gasteiger partial charge in [0.05, 0.1) is 29.8 Å². The molecule has 1 unspecified atom stereocenters. The summed E-state index contributed by atoms with van der Waals surface area (Å²) in [4.78, 5) is 23.1. The van der Waals surface area contributed by atoms with Crippen molar-refractivity contribution >= 4 is 46.1 Å². The number of nitrogens with one attached hydrogen (secondary N) is 1. The van der Waals surface area contributed by atoms with Crippen LogP contribution >= 0.6 is 23.2 Å². The first-order valence-electron chi connectivity index (χ1n) is 11.2. The molecule has 0 aliphatic carbocycles. The Labute approximate surface area is 214 Å². The summed E-state index contributed by atoms with van der Waals surface area (Å²) in [7, 11) is 3.08. The van der Waals surface area contributed by atoms with Gasteiger partial charge in [-0.1, -0.05) is 29.3 Å². The molecule has 3 aromatic rings. The average Bonchev–Trinajstić information content (AvgIpc) is 3.27. The van der Waals surface area contributed by atoms with Gasteiger partial charge in [-0.05, 0) is 44.9 Å². The van der Waals surface area contributed by atoms with Crippen molar-refractivity contribution in [2.75, 3.05) is 32.6 Å². The average molecular weight is 519 g/mol. The SMILES string of the molecule is COc1cc(OC)c(Cl)c(-c2ccc3nc(NC4CCN(C(=O)OC(C)(C)C)C4)ncc3c2)c1Cl. The molecule has 10 heteroatoms. The van der Waals surface area contributed by atoms with E-state index >= 15 is 0 Å². The summed E-state index contributed by atoms with van der Waals surface area (Å²) in [5, 5.41) is 4.94. The Balaban J connectivity index is 1.54. The topological polar surface area (TPSA) is 85.8 Å². The fourth-order valence-electron chi connectivity index (χ4n) is 3.95. The van der Waals surface area contributed by atoms with E-state index in [4.69, 9.17) is 37.4 Å². The lowest BCUT2D eigenvalue weighted by Gasteiger charge is -2.24. The minimum atomic E-state index is -0.520. The van der Waals surface area contributed by atoms with E-state index in [1.807, 2.05) is 39.0 Å². The van der Waals surface area contributed by atoms with E-state index in [9.17, 15) is 4.79 Å². The van der Waals surface area contributed by atoms with Gasteiger partial charge in [-0.15, -0.1) is 0 Å². The Morgan fingerprint density at radius 1 is 1.11 bits per heavy atom. The van der Waals surface area contributed by atoms with Crippen LogP contribution in [0.4, 0.5) is 10.7 Å². The summed E-state index contributed by atoms with van der Waals surface area (Å²) in [6.45, 7) is 6.73. The maximum Gasteiger partial charge on any atom is 0.410 e. The molecule has 0 spiro atoms. The van der Waals surface area contributed by atoms with Crippen LogP contribution in [0.1, 0.15) is 27.2 Å². The first-order chi connectivity index (χ1) is 16.6. The van der Waals surface area contributed by atoms with Gasteiger partial charge in [0.1, 0.15) is 17.1 Å². The van der Waals surface area contributed by atoms with Crippen LogP contribution in [-0.2, 0) is 4.74 Å². The summed E-state index contributed by atoms with van der Waals surface area (Å²) in [6.07, 6.45) is 2.22. The number of hydrogen-bond acceptors (Lipinski definition) is 7. The van der Waals surface area contributed by atoms with Crippen molar-refractivity contribution in [1.82, 2.24) is 14.9 Å². The molecule has 1 fully saturated rings. The second-order valence-corrected chi connectivity index (χ2v) is 10.1. The number of likely N-dealkylation sites (tertiary alicyclic amines) is 1. The number of methoxy groups -OCH3 is 2. The molecular formula is C25H28Cl2N4O4. The Hall–Kier alpha value is -2.97. The Bertz CT molecular complexity index is 1230. The highest BCUT2D eigenvalue weighted by molar-refractivity contribution is 6.41. The Morgan fingerprint density at radius 3 is 2.43 bits per heavy atom. The standard InChI is InChI=1S/C25H28Cl2N4O4/c1-25(2,3)35-24(32)31-9-8-16(13-31)29-23-28-12-15-10-14(6-7-17(15)30-23)20-21(26)18(33-4)11-19(34-5)22(20)27/h6-7,10-12,16H,8-9,13H2,1-5H3,(H,28,29,30). The van der Waals surface area contributed by atoms with Crippen LogP contribution in [0.25, 0.3) is 22.0 Å². The minimum Gasteiger partial charge on any atom is -0.495 e. The largest absolute Gasteiger partial charge is 0.495 e. The molecule has 1 aliphatic heterocycles. The van der Waals surface area contributed by atoms with Crippen LogP contribution in [0.2, 0.25) is 10.0 Å². The molecule has 1 atom stereocenters. The van der Waals surface area contributed by atoms with Crippen molar-refractivity contribution in [3.8, 4) is 22.6 Å². The second kappa shape index (κ2) is 9.95. The smallest absolute Gasteiger partial charge is 0.410 e. The number of rotatable bonds is 5. The fourth-order valence-corrected chi connectivity index (χ4v) is 4.67. The maximum absolute atomic E-state index is 12.3. The molecule has 1 N–H and O–H groups in total. The predicted molar refractivity (Wildman–Crippen MR) is 138 cm³/mol. The molecule has 1 aromatic heterocycles. The van der Waals surface area contributed by atoms with E-state index < -0.39 is 5.60 Å². The molecule has 0 bridgehead atoms. The van der Waals surface area contributed by atoms with E-state index in [2.05, 4.69) is 15.3 Å². The van der Waals surface area contributed by atoms with E-state index in [1.165, 1.54) is 14.2 Å². The highest BCUT2D eigenvalue weighted by Gasteiger charge is 2.30. The molecule has 4 rings (SSSR count). The number of fused-ring (bicyclic) bond motifs is 1. The van der Waals surface area contributed by atoms with Crippen LogP contribution in [0.5, 0.6) is 11.5 Å². The number of ether oxygens (including phenoxy) is 3. The molecule has 1 amide bonds. The zero-order valence-corrected chi connectivity index (χ0v) is 21.8. The van der Waals surface area contributed by atoms with Crippen molar-refractivity contribution in [1.29, 1.82) is 0 Å². The Kier molecular flexibility index (Phi) is 7.15. The number of carbonyl (C=O) groups excluding carboxylic acids is 1. The van der Waals surface area contributed by atoms with E-state index in [0.29, 0.717) is 46.1 Å². The van der Waals surface area contributed by atoms with Crippen molar-refractivity contribution in [2.45, 2.75) is 38.8 Å². The lowest BCUT2D eigenvalue weighted by Crippen LogP contribution is -2.36. The molecular weight excluding hydrogens is 491 g/mol. The van der Waals surface area contributed by atoms with Gasteiger partial charge in [-0.25, -0.2) is 14.8 Å². The van der Waals surface area contributed by atoms with E-state index in [1.54, 1.807) is 17.2 Å². The highest BCUT2D eigenvalue weighted by Crippen LogP contribution is 2.46. The van der Waals surface area contributed by atoms with Crippen molar-refractivity contribution < 1.29 is 19.0 Å². The number of hydrogen-bond donors (Lipinski definition) is 1. The normalized spacial score (nSPS) is 15.9. The molecule has 1 saturated heterocycles. The quantitative estimate of drug-likeness (QED) is 0.440. The van der Waals surface area contributed by atoms with Crippen LogP contribution in [-0.4, -0.2) is 59.9 Å². The van der Waals surface area contributed by atoms with Crippen LogP contribution in [0.3, 0.4) is 0 Å². The number of benzene rings is 2. The van der Waals surface area contributed by atoms with E-state index in [0.717, 1.165) is 22.9 Å². The minimum absolute atomic E-state index is 0.0427. The molecule has 0 radical (unpaired) electrons. The first-order valence-corrected chi connectivity index (χ1v) is 12.0. The highest BCUT2D eigenvalue weighted by atomic mass is 35.5. The van der Waals surface area contributed by atoms with Gasteiger partial charge in [0, 0.05) is 42.3 Å². The summed E-state index contributed by atoms with van der Waals surface area (Å²) >= 11 is 13.2. The third-order valence-corrected chi connectivity index (χ3v) is 6.37. The first kappa shape index (κ1) is 25.1.